The Morgan fingerprint density at radius 1 is 1.58 bits per heavy atom. The second-order valence-electron chi connectivity index (χ2n) is 3.23. The highest BCUT2D eigenvalue weighted by atomic mass is 16.2. The van der Waals surface area contributed by atoms with Crippen LogP contribution in [0.5, 0.6) is 0 Å². The highest BCUT2D eigenvalue weighted by Gasteiger charge is 2.26. The fourth-order valence-electron chi connectivity index (χ4n) is 1.78. The van der Waals surface area contributed by atoms with Gasteiger partial charge in [-0.1, -0.05) is 6.92 Å². The Bertz CT molecular complexity index is 159. The maximum absolute atomic E-state index is 11.4. The van der Waals surface area contributed by atoms with E-state index in [1.165, 1.54) is 6.42 Å². The Morgan fingerprint density at radius 2 is 2.33 bits per heavy atom. The van der Waals surface area contributed by atoms with Crippen molar-refractivity contribution < 1.29 is 4.79 Å². The Morgan fingerprint density at radius 3 is 2.92 bits per heavy atom. The maximum Gasteiger partial charge on any atom is 0.317 e. The molecule has 12 heavy (non-hydrogen) atoms. The van der Waals surface area contributed by atoms with E-state index in [1.54, 1.807) is 0 Å². The molecule has 1 N–H and O–H groups in total. The SMILES string of the molecule is CCNC(=O)N1CCCC1CC. The van der Waals surface area contributed by atoms with Crippen molar-refractivity contribution in [1.82, 2.24) is 10.2 Å². The zero-order valence-electron chi connectivity index (χ0n) is 7.97. The second-order valence-corrected chi connectivity index (χ2v) is 3.23. The van der Waals surface area contributed by atoms with Crippen molar-refractivity contribution in [3.63, 3.8) is 0 Å². The van der Waals surface area contributed by atoms with Gasteiger partial charge in [0, 0.05) is 19.1 Å². The normalized spacial score (nSPS) is 22.8. The molecule has 1 rings (SSSR count). The van der Waals surface area contributed by atoms with E-state index in [-0.39, 0.29) is 6.03 Å². The van der Waals surface area contributed by atoms with E-state index >= 15 is 0 Å². The van der Waals surface area contributed by atoms with Crippen molar-refractivity contribution in [3.05, 3.63) is 0 Å². The van der Waals surface area contributed by atoms with Crippen molar-refractivity contribution in [1.29, 1.82) is 0 Å². The number of hydrogen-bond donors (Lipinski definition) is 1. The Kier molecular flexibility index (Phi) is 3.38. The van der Waals surface area contributed by atoms with E-state index in [1.807, 2.05) is 11.8 Å². The van der Waals surface area contributed by atoms with E-state index in [0.29, 0.717) is 6.04 Å². The molecule has 0 aromatic heterocycles. The molecule has 3 nitrogen and oxygen atoms in total. The van der Waals surface area contributed by atoms with Gasteiger partial charge in [-0.2, -0.15) is 0 Å². The second kappa shape index (κ2) is 4.33. The smallest absolute Gasteiger partial charge is 0.317 e. The van der Waals surface area contributed by atoms with Crippen LogP contribution in [0.4, 0.5) is 4.79 Å². The summed E-state index contributed by atoms with van der Waals surface area (Å²) in [5, 5.41) is 2.84. The van der Waals surface area contributed by atoms with E-state index in [2.05, 4.69) is 12.2 Å². The summed E-state index contributed by atoms with van der Waals surface area (Å²) in [5.74, 6) is 0. The fourth-order valence-corrected chi connectivity index (χ4v) is 1.78. The van der Waals surface area contributed by atoms with Crippen LogP contribution < -0.4 is 5.32 Å². The largest absolute Gasteiger partial charge is 0.338 e. The molecule has 1 unspecified atom stereocenters. The van der Waals surface area contributed by atoms with Gasteiger partial charge in [0.05, 0.1) is 0 Å². The molecule has 0 saturated carbocycles. The topological polar surface area (TPSA) is 32.3 Å². The molecule has 0 radical (unpaired) electrons. The lowest BCUT2D eigenvalue weighted by atomic mass is 10.2. The molecule has 1 fully saturated rings. The molecule has 0 spiro atoms. The Balaban J connectivity index is 2.43. The molecule has 1 aliphatic rings. The summed E-state index contributed by atoms with van der Waals surface area (Å²) in [6, 6.07) is 0.596. The maximum atomic E-state index is 11.4. The third-order valence-electron chi connectivity index (χ3n) is 2.44. The molecule has 1 aliphatic heterocycles. The molecule has 0 aromatic rings. The number of rotatable bonds is 2. The number of amides is 2. The summed E-state index contributed by atoms with van der Waals surface area (Å²) >= 11 is 0. The van der Waals surface area contributed by atoms with Gasteiger partial charge >= 0.3 is 6.03 Å². The molecular weight excluding hydrogens is 152 g/mol. The lowest BCUT2D eigenvalue weighted by Crippen LogP contribution is -2.42. The van der Waals surface area contributed by atoms with Crippen LogP contribution >= 0.6 is 0 Å². The van der Waals surface area contributed by atoms with Gasteiger partial charge in [0.1, 0.15) is 0 Å². The van der Waals surface area contributed by atoms with Gasteiger partial charge in [0.2, 0.25) is 0 Å². The summed E-state index contributed by atoms with van der Waals surface area (Å²) in [6.07, 6.45) is 3.42. The summed E-state index contributed by atoms with van der Waals surface area (Å²) in [7, 11) is 0. The fraction of sp³-hybridized carbons (Fsp3) is 0.889. The third kappa shape index (κ3) is 1.90. The van der Waals surface area contributed by atoms with Gasteiger partial charge in [-0.25, -0.2) is 4.79 Å². The monoisotopic (exact) mass is 170 g/mol. The summed E-state index contributed by atoms with van der Waals surface area (Å²) in [4.78, 5) is 13.4. The predicted octanol–water partition coefficient (Wildman–Crippen LogP) is 1.59. The number of carbonyl (C=O) groups is 1. The van der Waals surface area contributed by atoms with Crippen LogP contribution in [0.15, 0.2) is 0 Å². The summed E-state index contributed by atoms with van der Waals surface area (Å²) in [5.41, 5.74) is 0. The number of likely N-dealkylation sites (tertiary alicyclic amines) is 1. The van der Waals surface area contributed by atoms with Crippen LogP contribution in [0.2, 0.25) is 0 Å². The Labute approximate surface area is 74.1 Å². The molecule has 1 heterocycles. The lowest BCUT2D eigenvalue weighted by Gasteiger charge is -2.23. The first-order chi connectivity index (χ1) is 5.79. The number of nitrogens with one attached hydrogen (secondary N) is 1. The number of carbonyl (C=O) groups excluding carboxylic acids is 1. The first-order valence-corrected chi connectivity index (χ1v) is 4.84. The highest BCUT2D eigenvalue weighted by Crippen LogP contribution is 2.19. The molecule has 1 saturated heterocycles. The predicted molar refractivity (Wildman–Crippen MR) is 49.1 cm³/mol. The molecule has 70 valence electrons. The van der Waals surface area contributed by atoms with Crippen LogP contribution in [-0.4, -0.2) is 30.1 Å². The molecule has 2 amide bonds. The number of urea groups is 1. The lowest BCUT2D eigenvalue weighted by molar-refractivity contribution is 0.192. The average Bonchev–Trinajstić information content (AvgIpc) is 2.51. The molecule has 1 atom stereocenters. The zero-order chi connectivity index (χ0) is 8.97. The minimum Gasteiger partial charge on any atom is -0.338 e. The minimum absolute atomic E-state index is 0.113. The van der Waals surface area contributed by atoms with Crippen LogP contribution in [0.25, 0.3) is 0 Å². The minimum atomic E-state index is 0.113. The van der Waals surface area contributed by atoms with Crippen LogP contribution in [0.1, 0.15) is 33.1 Å². The van der Waals surface area contributed by atoms with Crippen LogP contribution in [0, 0.1) is 0 Å². The van der Waals surface area contributed by atoms with E-state index in [4.69, 9.17) is 0 Å². The average molecular weight is 170 g/mol. The summed E-state index contributed by atoms with van der Waals surface area (Å²) in [6.45, 7) is 5.76. The number of nitrogens with zero attached hydrogens (tertiary/aromatic N) is 1. The highest BCUT2D eigenvalue weighted by molar-refractivity contribution is 5.74. The number of hydrogen-bond acceptors (Lipinski definition) is 1. The zero-order valence-corrected chi connectivity index (χ0v) is 7.97. The van der Waals surface area contributed by atoms with E-state index < -0.39 is 0 Å². The molecule has 0 aromatic carbocycles. The van der Waals surface area contributed by atoms with Crippen LogP contribution in [0.3, 0.4) is 0 Å². The van der Waals surface area contributed by atoms with E-state index in [9.17, 15) is 4.79 Å². The van der Waals surface area contributed by atoms with Crippen molar-refractivity contribution in [2.75, 3.05) is 13.1 Å². The third-order valence-corrected chi connectivity index (χ3v) is 2.44. The first-order valence-electron chi connectivity index (χ1n) is 4.84. The van der Waals surface area contributed by atoms with Crippen molar-refractivity contribution in [3.8, 4) is 0 Å². The van der Waals surface area contributed by atoms with Gasteiger partial charge in [-0.3, -0.25) is 0 Å². The first kappa shape index (κ1) is 9.36. The summed E-state index contributed by atoms with van der Waals surface area (Å²) < 4.78 is 0. The molecule has 0 bridgehead atoms. The quantitative estimate of drug-likeness (QED) is 0.670. The molecular formula is C9H18N2O. The molecule has 0 aliphatic carbocycles. The van der Waals surface area contributed by atoms with Gasteiger partial charge in [-0.15, -0.1) is 0 Å². The van der Waals surface area contributed by atoms with Crippen LogP contribution in [-0.2, 0) is 0 Å². The van der Waals surface area contributed by atoms with Crippen molar-refractivity contribution in [2.45, 2.75) is 39.2 Å². The molecule has 3 heteroatoms. The van der Waals surface area contributed by atoms with Gasteiger partial charge in [0.25, 0.3) is 0 Å². The van der Waals surface area contributed by atoms with Crippen molar-refractivity contribution in [2.24, 2.45) is 0 Å². The van der Waals surface area contributed by atoms with Gasteiger partial charge in [0.15, 0.2) is 0 Å². The van der Waals surface area contributed by atoms with E-state index in [0.717, 1.165) is 25.9 Å². The van der Waals surface area contributed by atoms with Gasteiger partial charge in [-0.05, 0) is 26.2 Å². The standard InChI is InChI=1S/C9H18N2O/c1-3-8-6-5-7-11(8)9(12)10-4-2/h8H,3-7H2,1-2H3,(H,10,12). The Hall–Kier alpha value is -0.730. The van der Waals surface area contributed by atoms with Crippen molar-refractivity contribution >= 4 is 6.03 Å². The van der Waals surface area contributed by atoms with Gasteiger partial charge < -0.3 is 10.2 Å².